The second-order valence-corrected chi connectivity index (χ2v) is 7.66. The van der Waals surface area contributed by atoms with E-state index in [1.165, 1.54) is 0 Å². The number of nitrogens with zero attached hydrogens (tertiary/aromatic N) is 6. The molecule has 3 aromatic heterocycles. The summed E-state index contributed by atoms with van der Waals surface area (Å²) in [6.45, 7) is 7.48. The van der Waals surface area contributed by atoms with Crippen molar-refractivity contribution in [2.24, 2.45) is 0 Å². The summed E-state index contributed by atoms with van der Waals surface area (Å²) in [4.78, 5) is 18.9. The molecule has 0 amide bonds. The van der Waals surface area contributed by atoms with Crippen LogP contribution in [0.3, 0.4) is 0 Å². The number of aromatic hydroxyl groups is 1. The molecule has 1 aromatic carbocycles. The molecule has 5 rings (SSSR count). The van der Waals surface area contributed by atoms with Crippen LogP contribution in [-0.4, -0.2) is 50.8 Å². The maximum atomic E-state index is 9.51. The highest BCUT2D eigenvalue weighted by Crippen LogP contribution is 2.25. The van der Waals surface area contributed by atoms with Gasteiger partial charge in [0.15, 0.2) is 5.65 Å². The van der Waals surface area contributed by atoms with Crippen LogP contribution in [0.5, 0.6) is 5.75 Å². The summed E-state index contributed by atoms with van der Waals surface area (Å²) in [5, 5.41) is 10.6. The molecule has 4 aromatic rings. The van der Waals surface area contributed by atoms with E-state index in [1.807, 2.05) is 54.9 Å². The largest absolute Gasteiger partial charge is 0.508 e. The number of aryl methyl sites for hydroxylation is 2. The van der Waals surface area contributed by atoms with Crippen molar-refractivity contribution in [3.63, 3.8) is 0 Å². The first kappa shape index (κ1) is 18.4. The Labute approximate surface area is 175 Å². The molecule has 0 radical (unpaired) electrons. The van der Waals surface area contributed by atoms with E-state index < -0.39 is 0 Å². The number of aromatic nitrogens is 4. The van der Waals surface area contributed by atoms with Crippen molar-refractivity contribution in [2.45, 2.75) is 13.8 Å². The quantitative estimate of drug-likeness (QED) is 0.568. The third-order valence-electron chi connectivity index (χ3n) is 5.62. The van der Waals surface area contributed by atoms with Crippen LogP contribution in [0.1, 0.15) is 11.4 Å². The fourth-order valence-corrected chi connectivity index (χ4v) is 3.97. The van der Waals surface area contributed by atoms with Gasteiger partial charge in [0.1, 0.15) is 11.6 Å². The van der Waals surface area contributed by atoms with E-state index in [2.05, 4.69) is 20.9 Å². The summed E-state index contributed by atoms with van der Waals surface area (Å²) >= 11 is 0. The molecule has 1 aliphatic rings. The molecule has 0 atom stereocenters. The number of hydrogen-bond donors (Lipinski definition) is 1. The number of hydrogen-bond acceptors (Lipinski definition) is 6. The average Bonchev–Trinajstić information content (AvgIpc) is 3.19. The molecule has 0 spiro atoms. The van der Waals surface area contributed by atoms with E-state index in [1.54, 1.807) is 12.1 Å². The van der Waals surface area contributed by atoms with Gasteiger partial charge in [-0.2, -0.15) is 4.98 Å². The van der Waals surface area contributed by atoms with E-state index >= 15 is 0 Å². The van der Waals surface area contributed by atoms with Crippen LogP contribution in [0.25, 0.3) is 16.9 Å². The van der Waals surface area contributed by atoms with Gasteiger partial charge in [0.2, 0.25) is 5.95 Å². The minimum atomic E-state index is 0.292. The first-order valence-corrected chi connectivity index (χ1v) is 10.2. The van der Waals surface area contributed by atoms with Gasteiger partial charge in [-0.3, -0.25) is 4.57 Å². The zero-order valence-electron chi connectivity index (χ0n) is 17.2. The standard InChI is InChI=1S/C23H24N6O/c1-16-4-3-5-21(24-16)29-11-10-20-17(2)25-23(26-22(20)29)28-14-12-27(13-15-28)18-6-8-19(30)9-7-18/h3-11,30H,12-15H2,1-2H3. The monoisotopic (exact) mass is 400 g/mol. The van der Waals surface area contributed by atoms with Gasteiger partial charge < -0.3 is 14.9 Å². The molecule has 0 unspecified atom stereocenters. The Hall–Kier alpha value is -3.61. The van der Waals surface area contributed by atoms with Gasteiger partial charge in [0, 0.05) is 49.1 Å². The number of fused-ring (bicyclic) bond motifs is 1. The normalized spacial score (nSPS) is 14.5. The topological polar surface area (TPSA) is 70.3 Å². The Bertz CT molecular complexity index is 1190. The van der Waals surface area contributed by atoms with Crippen molar-refractivity contribution >= 4 is 22.7 Å². The van der Waals surface area contributed by atoms with Crippen LogP contribution in [0.4, 0.5) is 11.6 Å². The molecule has 0 aliphatic carbocycles. The van der Waals surface area contributed by atoms with Crippen molar-refractivity contribution in [3.05, 3.63) is 66.1 Å². The van der Waals surface area contributed by atoms with E-state index in [-0.39, 0.29) is 0 Å². The molecule has 1 N–H and O–H groups in total. The highest BCUT2D eigenvalue weighted by Gasteiger charge is 2.21. The van der Waals surface area contributed by atoms with Crippen molar-refractivity contribution in [1.82, 2.24) is 19.5 Å². The number of phenolic OH excluding ortho intramolecular Hbond substituents is 1. The SMILES string of the molecule is Cc1cccc(-n2ccc3c(C)nc(N4CCN(c5ccc(O)cc5)CC4)nc32)n1. The summed E-state index contributed by atoms with van der Waals surface area (Å²) < 4.78 is 2.03. The minimum Gasteiger partial charge on any atom is -0.508 e. The predicted molar refractivity (Wildman–Crippen MR) is 119 cm³/mol. The lowest BCUT2D eigenvalue weighted by Gasteiger charge is -2.36. The Morgan fingerprint density at radius 3 is 2.27 bits per heavy atom. The lowest BCUT2D eigenvalue weighted by atomic mass is 10.2. The number of pyridine rings is 1. The Kier molecular flexibility index (Phi) is 4.50. The zero-order valence-corrected chi connectivity index (χ0v) is 17.2. The van der Waals surface area contributed by atoms with Crippen LogP contribution in [0.15, 0.2) is 54.7 Å². The van der Waals surface area contributed by atoms with E-state index in [4.69, 9.17) is 9.97 Å². The first-order valence-electron chi connectivity index (χ1n) is 10.2. The van der Waals surface area contributed by atoms with Gasteiger partial charge in [-0.05, 0) is 56.3 Å². The molecule has 1 saturated heterocycles. The number of phenols is 1. The van der Waals surface area contributed by atoms with Gasteiger partial charge in [-0.25, -0.2) is 9.97 Å². The van der Waals surface area contributed by atoms with Crippen LogP contribution < -0.4 is 9.80 Å². The number of benzene rings is 1. The van der Waals surface area contributed by atoms with Crippen LogP contribution in [0, 0.1) is 13.8 Å². The lowest BCUT2D eigenvalue weighted by molar-refractivity contribution is 0.475. The van der Waals surface area contributed by atoms with Crippen LogP contribution in [0.2, 0.25) is 0 Å². The molecule has 4 heterocycles. The van der Waals surface area contributed by atoms with Crippen molar-refractivity contribution in [2.75, 3.05) is 36.0 Å². The number of rotatable bonds is 3. The Balaban J connectivity index is 1.42. The highest BCUT2D eigenvalue weighted by molar-refractivity contribution is 5.81. The smallest absolute Gasteiger partial charge is 0.227 e. The molecule has 0 bridgehead atoms. The predicted octanol–water partition coefficient (Wildman–Crippen LogP) is 3.46. The maximum absolute atomic E-state index is 9.51. The fraction of sp³-hybridized carbons (Fsp3) is 0.261. The molecular weight excluding hydrogens is 376 g/mol. The second kappa shape index (κ2) is 7.33. The van der Waals surface area contributed by atoms with Crippen molar-refractivity contribution in [3.8, 4) is 11.6 Å². The summed E-state index contributed by atoms with van der Waals surface area (Å²) in [6.07, 6.45) is 2.01. The summed E-state index contributed by atoms with van der Waals surface area (Å²) in [6, 6.07) is 15.4. The third-order valence-corrected chi connectivity index (χ3v) is 5.62. The third kappa shape index (κ3) is 3.32. The minimum absolute atomic E-state index is 0.292. The van der Waals surface area contributed by atoms with Gasteiger partial charge in [-0.1, -0.05) is 6.07 Å². The molecular formula is C23H24N6O. The second-order valence-electron chi connectivity index (χ2n) is 7.66. The molecule has 1 fully saturated rings. The summed E-state index contributed by atoms with van der Waals surface area (Å²) in [7, 11) is 0. The van der Waals surface area contributed by atoms with Gasteiger partial charge in [-0.15, -0.1) is 0 Å². The van der Waals surface area contributed by atoms with Gasteiger partial charge in [0.25, 0.3) is 0 Å². The van der Waals surface area contributed by atoms with E-state index in [0.717, 1.165) is 66.1 Å². The van der Waals surface area contributed by atoms with E-state index in [9.17, 15) is 5.11 Å². The highest BCUT2D eigenvalue weighted by atomic mass is 16.3. The number of piperazine rings is 1. The van der Waals surface area contributed by atoms with Gasteiger partial charge >= 0.3 is 0 Å². The molecule has 30 heavy (non-hydrogen) atoms. The number of anilines is 2. The molecule has 1 aliphatic heterocycles. The molecule has 152 valence electrons. The Morgan fingerprint density at radius 1 is 0.800 bits per heavy atom. The first-order chi connectivity index (χ1) is 14.6. The lowest BCUT2D eigenvalue weighted by Crippen LogP contribution is -2.47. The van der Waals surface area contributed by atoms with E-state index in [0.29, 0.717) is 5.75 Å². The van der Waals surface area contributed by atoms with Crippen molar-refractivity contribution in [1.29, 1.82) is 0 Å². The van der Waals surface area contributed by atoms with Crippen LogP contribution in [-0.2, 0) is 0 Å². The van der Waals surface area contributed by atoms with Gasteiger partial charge in [0.05, 0.1) is 5.69 Å². The fourth-order valence-electron chi connectivity index (χ4n) is 3.97. The summed E-state index contributed by atoms with van der Waals surface area (Å²) in [5.74, 6) is 1.92. The van der Waals surface area contributed by atoms with Crippen LogP contribution >= 0.6 is 0 Å². The molecule has 7 heteroatoms. The maximum Gasteiger partial charge on any atom is 0.227 e. The summed E-state index contributed by atoms with van der Waals surface area (Å²) in [5.41, 5.74) is 3.96. The average molecular weight is 400 g/mol. The Morgan fingerprint density at radius 2 is 1.53 bits per heavy atom. The molecule has 7 nitrogen and oxygen atoms in total. The molecule has 0 saturated carbocycles. The zero-order chi connectivity index (χ0) is 20.7. The van der Waals surface area contributed by atoms with Crippen molar-refractivity contribution < 1.29 is 5.11 Å².